The van der Waals surface area contributed by atoms with Crippen LogP contribution in [-0.4, -0.2) is 6.54 Å². The summed E-state index contributed by atoms with van der Waals surface area (Å²) < 4.78 is 1.05. The van der Waals surface area contributed by atoms with Gasteiger partial charge in [-0.1, -0.05) is 25.4 Å². The molecule has 0 heterocycles. The summed E-state index contributed by atoms with van der Waals surface area (Å²) in [5.74, 6) is 0.630. The summed E-state index contributed by atoms with van der Waals surface area (Å²) >= 11 is 9.33. The molecule has 1 aromatic rings. The smallest absolute Gasteiger partial charge is 0.0499 e. The Morgan fingerprint density at radius 2 is 2.15 bits per heavy atom. The minimum absolute atomic E-state index is 0.630. The van der Waals surface area contributed by atoms with Gasteiger partial charge in [-0.25, -0.2) is 0 Å². The molecule has 0 aliphatic heterocycles. The van der Waals surface area contributed by atoms with Crippen LogP contribution in [0.4, 0.5) is 5.69 Å². The number of nitrogens with one attached hydrogen (secondary N) is 1. The predicted octanol–water partition coefficient (Wildman–Crippen LogP) is 4.17. The zero-order valence-corrected chi connectivity index (χ0v) is 10.1. The fourth-order valence-electron chi connectivity index (χ4n) is 0.947. The van der Waals surface area contributed by atoms with E-state index in [1.165, 1.54) is 0 Å². The average molecular weight is 263 g/mol. The molecule has 0 radical (unpaired) electrons. The maximum Gasteiger partial charge on any atom is 0.0499 e. The summed E-state index contributed by atoms with van der Waals surface area (Å²) in [5, 5.41) is 4.08. The average Bonchev–Trinajstić information content (AvgIpc) is 2.06. The fourth-order valence-corrected chi connectivity index (χ4v) is 1.51. The van der Waals surface area contributed by atoms with E-state index >= 15 is 0 Å². The van der Waals surface area contributed by atoms with Crippen molar-refractivity contribution in [2.75, 3.05) is 11.9 Å². The van der Waals surface area contributed by atoms with Crippen LogP contribution in [0.3, 0.4) is 0 Å². The third-order valence-corrected chi connectivity index (χ3v) is 2.56. The van der Waals surface area contributed by atoms with Crippen molar-refractivity contribution in [3.05, 3.63) is 27.7 Å². The monoisotopic (exact) mass is 261 g/mol. The van der Waals surface area contributed by atoms with Crippen LogP contribution in [0.25, 0.3) is 0 Å². The molecule has 13 heavy (non-hydrogen) atoms. The van der Waals surface area contributed by atoms with Crippen LogP contribution in [0, 0.1) is 5.92 Å². The SMILES string of the molecule is CC(C)CNc1cc(Cl)ccc1Br. The van der Waals surface area contributed by atoms with Crippen molar-refractivity contribution in [1.82, 2.24) is 0 Å². The van der Waals surface area contributed by atoms with Crippen molar-refractivity contribution < 1.29 is 0 Å². The highest BCUT2D eigenvalue weighted by molar-refractivity contribution is 9.10. The summed E-state index contributed by atoms with van der Waals surface area (Å²) in [6.45, 7) is 5.30. The molecule has 1 aromatic carbocycles. The van der Waals surface area contributed by atoms with Gasteiger partial charge in [0, 0.05) is 21.7 Å². The molecule has 0 amide bonds. The third-order valence-electron chi connectivity index (χ3n) is 1.63. The Labute approximate surface area is 92.6 Å². The molecule has 3 heteroatoms. The van der Waals surface area contributed by atoms with Gasteiger partial charge in [0.05, 0.1) is 0 Å². The van der Waals surface area contributed by atoms with Crippen LogP contribution >= 0.6 is 27.5 Å². The number of hydrogen-bond donors (Lipinski definition) is 1. The molecule has 0 aromatic heterocycles. The van der Waals surface area contributed by atoms with Crippen LogP contribution < -0.4 is 5.32 Å². The van der Waals surface area contributed by atoms with E-state index in [0.29, 0.717) is 5.92 Å². The van der Waals surface area contributed by atoms with Crippen molar-refractivity contribution >= 4 is 33.2 Å². The molecule has 0 spiro atoms. The summed E-state index contributed by atoms with van der Waals surface area (Å²) in [6, 6.07) is 5.74. The summed E-state index contributed by atoms with van der Waals surface area (Å²) in [6.07, 6.45) is 0. The third kappa shape index (κ3) is 3.57. The number of anilines is 1. The van der Waals surface area contributed by atoms with Crippen LogP contribution in [0.2, 0.25) is 5.02 Å². The van der Waals surface area contributed by atoms with E-state index in [1.807, 2.05) is 18.2 Å². The second-order valence-electron chi connectivity index (χ2n) is 3.40. The van der Waals surface area contributed by atoms with Gasteiger partial charge in [0.2, 0.25) is 0 Å². The van der Waals surface area contributed by atoms with Gasteiger partial charge in [-0.3, -0.25) is 0 Å². The number of benzene rings is 1. The zero-order valence-electron chi connectivity index (χ0n) is 7.77. The Morgan fingerprint density at radius 3 is 2.77 bits per heavy atom. The van der Waals surface area contributed by atoms with E-state index in [1.54, 1.807) is 0 Å². The molecule has 0 unspecified atom stereocenters. The largest absolute Gasteiger partial charge is 0.384 e. The lowest BCUT2D eigenvalue weighted by Gasteiger charge is -2.10. The quantitative estimate of drug-likeness (QED) is 0.862. The van der Waals surface area contributed by atoms with Gasteiger partial charge < -0.3 is 5.32 Å². The number of hydrogen-bond acceptors (Lipinski definition) is 1. The molecule has 0 atom stereocenters. The molecule has 0 bridgehead atoms. The van der Waals surface area contributed by atoms with Crippen LogP contribution in [0.5, 0.6) is 0 Å². The minimum atomic E-state index is 0.630. The van der Waals surface area contributed by atoms with Crippen LogP contribution in [0.1, 0.15) is 13.8 Å². The molecule has 0 fully saturated rings. The lowest BCUT2D eigenvalue weighted by molar-refractivity contribution is 0.688. The minimum Gasteiger partial charge on any atom is -0.384 e. The van der Waals surface area contributed by atoms with Gasteiger partial charge in [-0.2, -0.15) is 0 Å². The topological polar surface area (TPSA) is 12.0 Å². The Morgan fingerprint density at radius 1 is 1.46 bits per heavy atom. The van der Waals surface area contributed by atoms with Crippen LogP contribution in [-0.2, 0) is 0 Å². The predicted molar refractivity (Wildman–Crippen MR) is 62.5 cm³/mol. The first-order valence-corrected chi connectivity index (χ1v) is 5.45. The molecule has 1 N–H and O–H groups in total. The van der Waals surface area contributed by atoms with Crippen molar-refractivity contribution in [3.8, 4) is 0 Å². The van der Waals surface area contributed by atoms with Gasteiger partial charge in [0.1, 0.15) is 0 Å². The highest BCUT2D eigenvalue weighted by Gasteiger charge is 2.00. The Balaban J connectivity index is 2.70. The Hall–Kier alpha value is -0.210. The molecular formula is C10H13BrClN. The second-order valence-corrected chi connectivity index (χ2v) is 4.69. The van der Waals surface area contributed by atoms with Crippen molar-refractivity contribution in [2.24, 2.45) is 5.92 Å². The first kappa shape index (κ1) is 10.9. The molecule has 0 aliphatic carbocycles. The van der Waals surface area contributed by atoms with E-state index in [0.717, 1.165) is 21.7 Å². The van der Waals surface area contributed by atoms with E-state index in [-0.39, 0.29) is 0 Å². The fraction of sp³-hybridized carbons (Fsp3) is 0.400. The van der Waals surface area contributed by atoms with Crippen molar-refractivity contribution in [3.63, 3.8) is 0 Å². The lowest BCUT2D eigenvalue weighted by atomic mass is 10.2. The van der Waals surface area contributed by atoms with Gasteiger partial charge >= 0.3 is 0 Å². The lowest BCUT2D eigenvalue weighted by Crippen LogP contribution is -2.08. The Bertz CT molecular complexity index is 286. The second kappa shape index (κ2) is 4.87. The molecule has 72 valence electrons. The van der Waals surface area contributed by atoms with Gasteiger partial charge in [-0.15, -0.1) is 0 Å². The van der Waals surface area contributed by atoms with Gasteiger partial charge in [0.25, 0.3) is 0 Å². The maximum absolute atomic E-state index is 5.87. The van der Waals surface area contributed by atoms with Crippen LogP contribution in [0.15, 0.2) is 22.7 Å². The van der Waals surface area contributed by atoms with E-state index in [2.05, 4.69) is 35.1 Å². The van der Waals surface area contributed by atoms with E-state index in [9.17, 15) is 0 Å². The molecule has 0 aliphatic rings. The first-order valence-electron chi connectivity index (χ1n) is 4.28. The Kier molecular flexibility index (Phi) is 4.07. The highest BCUT2D eigenvalue weighted by Crippen LogP contribution is 2.25. The molecule has 1 nitrogen and oxygen atoms in total. The highest BCUT2D eigenvalue weighted by atomic mass is 79.9. The van der Waals surface area contributed by atoms with E-state index in [4.69, 9.17) is 11.6 Å². The van der Waals surface area contributed by atoms with Crippen molar-refractivity contribution in [1.29, 1.82) is 0 Å². The number of rotatable bonds is 3. The van der Waals surface area contributed by atoms with E-state index < -0.39 is 0 Å². The van der Waals surface area contributed by atoms with Gasteiger partial charge in [0.15, 0.2) is 0 Å². The molecule has 0 saturated heterocycles. The molecule has 0 saturated carbocycles. The zero-order chi connectivity index (χ0) is 9.84. The number of halogens is 2. The first-order chi connectivity index (χ1) is 6.09. The summed E-state index contributed by atoms with van der Waals surface area (Å²) in [7, 11) is 0. The van der Waals surface area contributed by atoms with Gasteiger partial charge in [-0.05, 0) is 40.0 Å². The molecule has 1 rings (SSSR count). The summed E-state index contributed by atoms with van der Waals surface area (Å²) in [4.78, 5) is 0. The standard InChI is InChI=1S/C10H13BrClN/c1-7(2)6-13-10-5-8(12)3-4-9(10)11/h3-5,7,13H,6H2,1-2H3. The van der Waals surface area contributed by atoms with Crippen molar-refractivity contribution in [2.45, 2.75) is 13.8 Å². The summed E-state index contributed by atoms with van der Waals surface area (Å²) in [5.41, 5.74) is 1.06. The molecular weight excluding hydrogens is 249 g/mol. The normalized spacial score (nSPS) is 10.5. The maximum atomic E-state index is 5.87.